The van der Waals surface area contributed by atoms with E-state index < -0.39 is 29.1 Å². The predicted molar refractivity (Wildman–Crippen MR) is 109 cm³/mol. The first kappa shape index (κ1) is 22.9. The minimum atomic E-state index is -1.64. The van der Waals surface area contributed by atoms with Gasteiger partial charge in [-0.3, -0.25) is 9.59 Å². The molecule has 1 aromatic carbocycles. The standard InChI is InChI=1S/C22H32N2O5/c1-13(2)12-17(19(26)29-7)23-18(25)15-8-10-16(11-9-15)22(28)20(27)24(14(3)4)21(22,5)6/h8-11,13-14,17,28H,12H2,1-7H3,(H,23,25)/t17-,22?/m0/s1. The van der Waals surface area contributed by atoms with Gasteiger partial charge in [-0.2, -0.15) is 0 Å². The number of methoxy groups -OCH3 is 1. The van der Waals surface area contributed by atoms with E-state index in [1.807, 2.05) is 41.5 Å². The quantitative estimate of drug-likeness (QED) is 0.537. The molecule has 2 N–H and O–H groups in total. The highest BCUT2D eigenvalue weighted by Crippen LogP contribution is 2.49. The molecule has 0 saturated carbocycles. The number of amides is 2. The van der Waals surface area contributed by atoms with Gasteiger partial charge in [0, 0.05) is 11.6 Å². The zero-order valence-corrected chi connectivity index (χ0v) is 18.3. The van der Waals surface area contributed by atoms with Gasteiger partial charge in [-0.05, 0) is 57.7 Å². The molecule has 1 aliphatic rings. The number of hydrogen-bond donors (Lipinski definition) is 2. The number of carbonyl (C=O) groups excluding carboxylic acids is 3. The average Bonchev–Trinajstić information content (AvgIpc) is 2.65. The van der Waals surface area contributed by atoms with Crippen molar-refractivity contribution in [1.82, 2.24) is 10.2 Å². The maximum absolute atomic E-state index is 12.7. The van der Waals surface area contributed by atoms with Crippen LogP contribution in [-0.2, 0) is 19.9 Å². The van der Waals surface area contributed by atoms with Crippen LogP contribution in [0.1, 0.15) is 63.9 Å². The first-order valence-corrected chi connectivity index (χ1v) is 9.93. The molecule has 1 saturated heterocycles. The average molecular weight is 405 g/mol. The van der Waals surface area contributed by atoms with Crippen LogP contribution in [0.2, 0.25) is 0 Å². The smallest absolute Gasteiger partial charge is 0.328 e. The van der Waals surface area contributed by atoms with Gasteiger partial charge in [-0.15, -0.1) is 0 Å². The Morgan fingerprint density at radius 3 is 2.10 bits per heavy atom. The second-order valence-corrected chi connectivity index (χ2v) is 8.79. The molecule has 0 aromatic heterocycles. The van der Waals surface area contributed by atoms with Crippen molar-refractivity contribution in [2.75, 3.05) is 7.11 Å². The highest BCUT2D eigenvalue weighted by atomic mass is 16.5. The number of β-lactam (4-membered cyclic amide) rings is 1. The van der Waals surface area contributed by atoms with Gasteiger partial charge >= 0.3 is 5.97 Å². The molecule has 29 heavy (non-hydrogen) atoms. The van der Waals surface area contributed by atoms with Crippen molar-refractivity contribution in [3.05, 3.63) is 35.4 Å². The number of esters is 1. The van der Waals surface area contributed by atoms with E-state index in [0.29, 0.717) is 17.5 Å². The molecule has 1 aromatic rings. The molecule has 0 radical (unpaired) electrons. The van der Waals surface area contributed by atoms with Crippen LogP contribution in [0.4, 0.5) is 0 Å². The summed E-state index contributed by atoms with van der Waals surface area (Å²) in [6.45, 7) is 11.4. The molecule has 0 spiro atoms. The van der Waals surface area contributed by atoms with Crippen molar-refractivity contribution in [2.24, 2.45) is 5.92 Å². The van der Waals surface area contributed by atoms with E-state index in [0.717, 1.165) is 0 Å². The molecular weight excluding hydrogens is 372 g/mol. The van der Waals surface area contributed by atoms with Gasteiger partial charge in [0.05, 0.1) is 12.6 Å². The van der Waals surface area contributed by atoms with Crippen molar-refractivity contribution in [1.29, 1.82) is 0 Å². The fourth-order valence-electron chi connectivity index (χ4n) is 4.10. The zero-order valence-electron chi connectivity index (χ0n) is 18.3. The Kier molecular flexibility index (Phi) is 6.42. The number of hydrogen-bond acceptors (Lipinski definition) is 5. The topological polar surface area (TPSA) is 95.9 Å². The lowest BCUT2D eigenvalue weighted by molar-refractivity contribution is -0.221. The number of ether oxygens (including phenoxy) is 1. The van der Waals surface area contributed by atoms with Crippen LogP contribution in [0.5, 0.6) is 0 Å². The Labute approximate surface area is 172 Å². The number of rotatable bonds is 7. The lowest BCUT2D eigenvalue weighted by atomic mass is 9.66. The van der Waals surface area contributed by atoms with E-state index in [-0.39, 0.29) is 17.9 Å². The number of likely N-dealkylation sites (tertiary alicyclic amines) is 1. The van der Waals surface area contributed by atoms with E-state index in [9.17, 15) is 19.5 Å². The third-order valence-corrected chi connectivity index (χ3v) is 5.60. The summed E-state index contributed by atoms with van der Waals surface area (Å²) in [5.41, 5.74) is -1.64. The highest BCUT2D eigenvalue weighted by Gasteiger charge is 2.67. The van der Waals surface area contributed by atoms with Gasteiger partial charge in [0.1, 0.15) is 6.04 Å². The molecule has 1 unspecified atom stereocenters. The molecule has 7 nitrogen and oxygen atoms in total. The molecule has 2 amide bonds. The molecule has 160 valence electrons. The maximum atomic E-state index is 12.7. The highest BCUT2D eigenvalue weighted by molar-refractivity contribution is 5.98. The maximum Gasteiger partial charge on any atom is 0.328 e. The summed E-state index contributed by atoms with van der Waals surface area (Å²) in [6.07, 6.45) is 0.462. The minimum absolute atomic E-state index is 0.0287. The van der Waals surface area contributed by atoms with Gasteiger partial charge in [-0.1, -0.05) is 26.0 Å². The van der Waals surface area contributed by atoms with Crippen molar-refractivity contribution in [3.8, 4) is 0 Å². The second kappa shape index (κ2) is 8.14. The molecule has 0 bridgehead atoms. The summed E-state index contributed by atoms with van der Waals surface area (Å²) in [7, 11) is 1.29. The van der Waals surface area contributed by atoms with Gasteiger partial charge in [0.25, 0.3) is 11.8 Å². The van der Waals surface area contributed by atoms with Crippen molar-refractivity contribution in [3.63, 3.8) is 0 Å². The number of nitrogens with one attached hydrogen (secondary N) is 1. The molecule has 2 rings (SSSR count). The SMILES string of the molecule is COC(=O)[C@H](CC(C)C)NC(=O)c1ccc(C2(O)C(=O)N(C(C)C)C2(C)C)cc1. The van der Waals surface area contributed by atoms with Crippen LogP contribution < -0.4 is 5.32 Å². The Morgan fingerprint density at radius 1 is 1.14 bits per heavy atom. The van der Waals surface area contributed by atoms with Crippen LogP contribution in [-0.4, -0.2) is 52.5 Å². The lowest BCUT2D eigenvalue weighted by Crippen LogP contribution is -2.79. The summed E-state index contributed by atoms with van der Waals surface area (Å²) in [5.74, 6) is -1.06. The minimum Gasteiger partial charge on any atom is -0.467 e. The van der Waals surface area contributed by atoms with Gasteiger partial charge < -0.3 is 20.1 Å². The Morgan fingerprint density at radius 2 is 1.69 bits per heavy atom. The van der Waals surface area contributed by atoms with E-state index >= 15 is 0 Å². The summed E-state index contributed by atoms with van der Waals surface area (Å²) in [6, 6.07) is 5.51. The second-order valence-electron chi connectivity index (χ2n) is 8.79. The Hall–Kier alpha value is -2.41. The molecule has 1 aliphatic heterocycles. The molecule has 2 atom stereocenters. The largest absolute Gasteiger partial charge is 0.467 e. The van der Waals surface area contributed by atoms with E-state index in [1.165, 1.54) is 7.11 Å². The van der Waals surface area contributed by atoms with Gasteiger partial charge in [0.15, 0.2) is 5.60 Å². The number of aliphatic hydroxyl groups is 1. The van der Waals surface area contributed by atoms with Crippen molar-refractivity contribution < 1.29 is 24.2 Å². The molecule has 7 heteroatoms. The normalized spacial score (nSPS) is 21.7. The van der Waals surface area contributed by atoms with Crippen LogP contribution in [0, 0.1) is 5.92 Å². The van der Waals surface area contributed by atoms with Gasteiger partial charge in [-0.25, -0.2) is 4.79 Å². The van der Waals surface area contributed by atoms with Crippen LogP contribution in [0.15, 0.2) is 24.3 Å². The fraction of sp³-hybridized carbons (Fsp3) is 0.591. The number of nitrogens with zero attached hydrogens (tertiary/aromatic N) is 1. The Balaban J connectivity index is 2.21. The first-order chi connectivity index (χ1) is 13.4. The summed E-state index contributed by atoms with van der Waals surface area (Å²) < 4.78 is 4.77. The van der Waals surface area contributed by atoms with Crippen LogP contribution >= 0.6 is 0 Å². The van der Waals surface area contributed by atoms with Crippen LogP contribution in [0.25, 0.3) is 0 Å². The summed E-state index contributed by atoms with van der Waals surface area (Å²) >= 11 is 0. The van der Waals surface area contributed by atoms with Crippen molar-refractivity contribution >= 4 is 17.8 Å². The number of benzene rings is 1. The molecule has 1 heterocycles. The van der Waals surface area contributed by atoms with Crippen molar-refractivity contribution in [2.45, 2.75) is 71.2 Å². The summed E-state index contributed by atoms with van der Waals surface area (Å²) in [5, 5.41) is 13.8. The monoisotopic (exact) mass is 404 g/mol. The van der Waals surface area contributed by atoms with E-state index in [2.05, 4.69) is 5.32 Å². The van der Waals surface area contributed by atoms with E-state index in [4.69, 9.17) is 4.74 Å². The molecule has 0 aliphatic carbocycles. The number of carbonyl (C=O) groups is 3. The van der Waals surface area contributed by atoms with Crippen LogP contribution in [0.3, 0.4) is 0 Å². The third-order valence-electron chi connectivity index (χ3n) is 5.60. The predicted octanol–water partition coefficient (Wildman–Crippen LogP) is 2.22. The Bertz CT molecular complexity index is 785. The van der Waals surface area contributed by atoms with Gasteiger partial charge in [0.2, 0.25) is 0 Å². The molecular formula is C22H32N2O5. The van der Waals surface area contributed by atoms with E-state index in [1.54, 1.807) is 29.2 Å². The summed E-state index contributed by atoms with van der Waals surface area (Å²) in [4.78, 5) is 38.8. The zero-order chi connectivity index (χ0) is 22.1. The fourth-order valence-corrected chi connectivity index (χ4v) is 4.10. The third kappa shape index (κ3) is 3.88. The lowest BCUT2D eigenvalue weighted by Gasteiger charge is -2.61. The first-order valence-electron chi connectivity index (χ1n) is 9.93. The molecule has 1 fully saturated rings.